The highest BCUT2D eigenvalue weighted by Crippen LogP contribution is 2.18. The molecule has 1 aromatic carbocycles. The Morgan fingerprint density at radius 2 is 2.30 bits per heavy atom. The zero-order valence-corrected chi connectivity index (χ0v) is 11.5. The lowest BCUT2D eigenvalue weighted by atomic mass is 9.98. The van der Waals surface area contributed by atoms with Crippen molar-refractivity contribution >= 4 is 16.8 Å². The van der Waals surface area contributed by atoms with Crippen molar-refractivity contribution in [3.8, 4) is 0 Å². The van der Waals surface area contributed by atoms with Gasteiger partial charge in [0.1, 0.15) is 0 Å². The second-order valence-electron chi connectivity index (χ2n) is 5.61. The molecule has 0 aliphatic carbocycles. The highest BCUT2D eigenvalue weighted by molar-refractivity contribution is 5.83. The Morgan fingerprint density at radius 3 is 3.15 bits per heavy atom. The Labute approximate surface area is 118 Å². The van der Waals surface area contributed by atoms with Crippen LogP contribution < -0.4 is 0 Å². The van der Waals surface area contributed by atoms with E-state index in [4.69, 9.17) is 0 Å². The topological polar surface area (TPSA) is 56.3 Å². The molecule has 1 amide bonds. The minimum absolute atomic E-state index is 0.165. The maximum atomic E-state index is 12.3. The highest BCUT2D eigenvalue weighted by atomic mass is 16.3. The molecule has 1 aliphatic heterocycles. The van der Waals surface area contributed by atoms with Gasteiger partial charge in [0.25, 0.3) is 0 Å². The van der Waals surface area contributed by atoms with Gasteiger partial charge in [-0.1, -0.05) is 6.07 Å². The molecule has 2 aromatic rings. The molecule has 1 unspecified atom stereocenters. The molecular weight excluding hydrogens is 252 g/mol. The number of nitrogens with one attached hydrogen (secondary N) is 1. The van der Waals surface area contributed by atoms with Crippen LogP contribution in [0.25, 0.3) is 10.9 Å². The van der Waals surface area contributed by atoms with Gasteiger partial charge in [0.15, 0.2) is 0 Å². The van der Waals surface area contributed by atoms with Crippen molar-refractivity contribution in [2.24, 2.45) is 5.92 Å². The lowest BCUT2D eigenvalue weighted by Crippen LogP contribution is -2.41. The second kappa shape index (κ2) is 5.67. The van der Waals surface area contributed by atoms with Crippen LogP contribution >= 0.6 is 0 Å². The number of aliphatic hydroxyl groups excluding tert-OH is 1. The van der Waals surface area contributed by atoms with E-state index >= 15 is 0 Å². The molecule has 1 atom stereocenters. The van der Waals surface area contributed by atoms with Gasteiger partial charge in [-0.05, 0) is 47.9 Å². The van der Waals surface area contributed by atoms with Crippen LogP contribution in [0, 0.1) is 5.92 Å². The first-order valence-corrected chi connectivity index (χ1v) is 7.21. The van der Waals surface area contributed by atoms with Crippen LogP contribution in [0.1, 0.15) is 18.4 Å². The van der Waals surface area contributed by atoms with Crippen molar-refractivity contribution < 1.29 is 9.90 Å². The molecule has 20 heavy (non-hydrogen) atoms. The predicted molar refractivity (Wildman–Crippen MR) is 78.4 cm³/mol. The summed E-state index contributed by atoms with van der Waals surface area (Å²) in [6.07, 6.45) is 4.37. The first kappa shape index (κ1) is 13.2. The van der Waals surface area contributed by atoms with E-state index in [1.54, 1.807) is 0 Å². The third-order valence-electron chi connectivity index (χ3n) is 4.10. The maximum Gasteiger partial charge on any atom is 0.227 e. The molecule has 0 saturated carbocycles. The fraction of sp³-hybridized carbons (Fsp3) is 0.438. The molecule has 2 N–H and O–H groups in total. The largest absolute Gasteiger partial charge is 0.396 e. The molecule has 1 aromatic heterocycles. The van der Waals surface area contributed by atoms with Gasteiger partial charge >= 0.3 is 0 Å². The molecule has 4 heteroatoms. The van der Waals surface area contributed by atoms with E-state index in [-0.39, 0.29) is 18.4 Å². The minimum Gasteiger partial charge on any atom is -0.396 e. The molecule has 0 radical (unpaired) electrons. The number of H-pyrrole nitrogens is 1. The molecule has 1 aliphatic rings. The number of aliphatic hydroxyl groups is 1. The molecular formula is C16H20N2O2. The number of nitrogens with zero attached hydrogens (tertiary/aromatic N) is 1. The molecule has 0 bridgehead atoms. The zero-order chi connectivity index (χ0) is 13.9. The summed E-state index contributed by atoms with van der Waals surface area (Å²) in [6.45, 7) is 1.70. The van der Waals surface area contributed by atoms with E-state index in [1.165, 1.54) is 0 Å². The normalized spacial score (nSPS) is 19.4. The summed E-state index contributed by atoms with van der Waals surface area (Å²) >= 11 is 0. The van der Waals surface area contributed by atoms with Crippen LogP contribution in [0.4, 0.5) is 0 Å². The Hall–Kier alpha value is -1.81. The van der Waals surface area contributed by atoms with Gasteiger partial charge in [-0.15, -0.1) is 0 Å². The van der Waals surface area contributed by atoms with Crippen molar-refractivity contribution in [3.63, 3.8) is 0 Å². The van der Waals surface area contributed by atoms with Gasteiger partial charge in [-0.2, -0.15) is 0 Å². The van der Waals surface area contributed by atoms with E-state index in [2.05, 4.69) is 11.1 Å². The number of benzene rings is 1. The van der Waals surface area contributed by atoms with Gasteiger partial charge in [0, 0.05) is 31.4 Å². The smallest absolute Gasteiger partial charge is 0.227 e. The number of carbonyl (C=O) groups excluding carboxylic acids is 1. The van der Waals surface area contributed by atoms with Crippen LogP contribution in [-0.2, 0) is 11.2 Å². The summed E-state index contributed by atoms with van der Waals surface area (Å²) in [6, 6.07) is 8.11. The quantitative estimate of drug-likeness (QED) is 0.897. The molecule has 106 valence electrons. The zero-order valence-electron chi connectivity index (χ0n) is 11.5. The standard InChI is InChI=1S/C16H20N2O2/c19-11-13-2-1-7-18(10-13)16(20)9-12-3-4-15-14(8-12)5-6-17-15/h3-6,8,13,17,19H,1-2,7,9-11H2. The summed E-state index contributed by atoms with van der Waals surface area (Å²) in [5.41, 5.74) is 2.15. The van der Waals surface area contributed by atoms with Crippen molar-refractivity contribution in [2.75, 3.05) is 19.7 Å². The number of aromatic amines is 1. The minimum atomic E-state index is 0.165. The van der Waals surface area contributed by atoms with Crippen molar-refractivity contribution in [1.82, 2.24) is 9.88 Å². The van der Waals surface area contributed by atoms with E-state index in [0.717, 1.165) is 35.9 Å². The number of rotatable bonds is 3. The fourth-order valence-electron chi connectivity index (χ4n) is 2.94. The molecule has 4 nitrogen and oxygen atoms in total. The van der Waals surface area contributed by atoms with Crippen molar-refractivity contribution in [1.29, 1.82) is 0 Å². The molecule has 1 saturated heterocycles. The molecule has 1 fully saturated rings. The van der Waals surface area contributed by atoms with Gasteiger partial charge in [-0.3, -0.25) is 4.79 Å². The lowest BCUT2D eigenvalue weighted by Gasteiger charge is -2.32. The van der Waals surface area contributed by atoms with Gasteiger partial charge in [0.05, 0.1) is 6.42 Å². The van der Waals surface area contributed by atoms with E-state index in [9.17, 15) is 9.90 Å². The molecule has 0 spiro atoms. The highest BCUT2D eigenvalue weighted by Gasteiger charge is 2.23. The molecule has 3 rings (SSSR count). The number of fused-ring (bicyclic) bond motifs is 1. The third-order valence-corrected chi connectivity index (χ3v) is 4.10. The Morgan fingerprint density at radius 1 is 1.40 bits per heavy atom. The lowest BCUT2D eigenvalue weighted by molar-refractivity contribution is -0.132. The monoisotopic (exact) mass is 272 g/mol. The summed E-state index contributed by atoms with van der Waals surface area (Å²) in [7, 11) is 0. The SMILES string of the molecule is O=C(Cc1ccc2[nH]ccc2c1)N1CCCC(CO)C1. The van der Waals surface area contributed by atoms with Gasteiger partial charge in [-0.25, -0.2) is 0 Å². The Balaban J connectivity index is 1.68. The Bertz CT molecular complexity index is 605. The number of amides is 1. The first-order chi connectivity index (χ1) is 9.76. The molecule has 2 heterocycles. The van der Waals surface area contributed by atoms with E-state index in [0.29, 0.717) is 13.0 Å². The van der Waals surface area contributed by atoms with Crippen LogP contribution in [-0.4, -0.2) is 40.6 Å². The number of hydrogen-bond donors (Lipinski definition) is 2. The fourth-order valence-corrected chi connectivity index (χ4v) is 2.94. The average molecular weight is 272 g/mol. The number of aromatic nitrogens is 1. The Kier molecular flexibility index (Phi) is 3.74. The third kappa shape index (κ3) is 2.70. The first-order valence-electron chi connectivity index (χ1n) is 7.21. The van der Waals surface area contributed by atoms with Gasteiger partial charge < -0.3 is 15.0 Å². The summed E-state index contributed by atoms with van der Waals surface area (Å²) < 4.78 is 0. The van der Waals surface area contributed by atoms with Crippen molar-refractivity contribution in [2.45, 2.75) is 19.3 Å². The maximum absolute atomic E-state index is 12.3. The summed E-state index contributed by atoms with van der Waals surface area (Å²) in [4.78, 5) is 17.4. The van der Waals surface area contributed by atoms with Gasteiger partial charge in [0.2, 0.25) is 5.91 Å². The number of hydrogen-bond acceptors (Lipinski definition) is 2. The van der Waals surface area contributed by atoms with Crippen LogP contribution in [0.15, 0.2) is 30.5 Å². The van der Waals surface area contributed by atoms with Crippen LogP contribution in [0.2, 0.25) is 0 Å². The van der Waals surface area contributed by atoms with Crippen LogP contribution in [0.3, 0.4) is 0 Å². The van der Waals surface area contributed by atoms with Crippen molar-refractivity contribution in [3.05, 3.63) is 36.0 Å². The summed E-state index contributed by atoms with van der Waals surface area (Å²) in [5.74, 6) is 0.415. The number of likely N-dealkylation sites (tertiary alicyclic amines) is 1. The number of carbonyl (C=O) groups is 1. The average Bonchev–Trinajstić information content (AvgIpc) is 2.95. The second-order valence-corrected chi connectivity index (χ2v) is 5.61. The van der Waals surface area contributed by atoms with E-state index in [1.807, 2.05) is 29.3 Å². The predicted octanol–water partition coefficient (Wildman–Crippen LogP) is 1.94. The summed E-state index contributed by atoms with van der Waals surface area (Å²) in [5, 5.41) is 10.4. The number of piperidine rings is 1. The van der Waals surface area contributed by atoms with E-state index < -0.39 is 0 Å². The van der Waals surface area contributed by atoms with Crippen LogP contribution in [0.5, 0.6) is 0 Å².